The minimum absolute atomic E-state index is 0.000721. The molecule has 0 radical (unpaired) electrons. The molecule has 31 atom stereocenters. The molecule has 23 heteroatoms. The molecule has 4 aliphatic heterocycles. The lowest BCUT2D eigenvalue weighted by Crippen LogP contribution is -2.70. The third-order valence-electron chi connectivity index (χ3n) is 21.9. The predicted octanol–water partition coefficient (Wildman–Crippen LogP) is -1.94. The third kappa shape index (κ3) is 9.72. The molecular formula is C55H92O23. The van der Waals surface area contributed by atoms with Crippen molar-refractivity contribution in [3.8, 4) is 0 Å². The number of aliphatic hydroxyl groups is 14. The average molecular weight is 1120 g/mol. The molecule has 31 unspecified atom stereocenters. The van der Waals surface area contributed by atoms with Crippen LogP contribution in [-0.2, 0) is 42.6 Å². The maximum atomic E-state index is 12.3. The highest BCUT2D eigenvalue weighted by Crippen LogP contribution is 2.76. The van der Waals surface area contributed by atoms with Crippen LogP contribution < -0.4 is 0 Å². The molecule has 23 nitrogen and oxygen atoms in total. The summed E-state index contributed by atoms with van der Waals surface area (Å²) in [7, 11) is 1.73. The molecule has 9 aliphatic rings. The minimum atomic E-state index is -2.03. The molecule has 0 spiro atoms. The van der Waals surface area contributed by atoms with Crippen LogP contribution in [0.4, 0.5) is 0 Å². The van der Waals surface area contributed by atoms with Crippen LogP contribution in [0.25, 0.3) is 0 Å². The largest absolute Gasteiger partial charge is 0.396 e. The molecule has 0 bridgehead atoms. The molecule has 0 amide bonds. The van der Waals surface area contributed by atoms with E-state index in [0.717, 1.165) is 19.3 Å². The summed E-state index contributed by atoms with van der Waals surface area (Å²) in [5, 5.41) is 155. The van der Waals surface area contributed by atoms with E-state index in [-0.39, 0.29) is 42.5 Å². The van der Waals surface area contributed by atoms with Gasteiger partial charge in [-0.25, -0.2) is 0 Å². The number of rotatable bonds is 13. The number of allylic oxidation sites excluding steroid dienone is 1. The van der Waals surface area contributed by atoms with E-state index in [1.807, 2.05) is 6.92 Å². The van der Waals surface area contributed by atoms with Crippen LogP contribution in [0.5, 0.6) is 0 Å². The molecule has 0 aromatic carbocycles. The zero-order valence-electron chi connectivity index (χ0n) is 46.5. The van der Waals surface area contributed by atoms with Crippen molar-refractivity contribution in [1.29, 1.82) is 0 Å². The van der Waals surface area contributed by atoms with Crippen LogP contribution >= 0.6 is 0 Å². The van der Waals surface area contributed by atoms with Crippen molar-refractivity contribution in [2.45, 2.75) is 248 Å². The van der Waals surface area contributed by atoms with Crippen molar-refractivity contribution in [2.24, 2.45) is 50.2 Å². The first-order valence-electron chi connectivity index (χ1n) is 28.3. The van der Waals surface area contributed by atoms with Gasteiger partial charge in [0.25, 0.3) is 0 Å². The zero-order valence-corrected chi connectivity index (χ0v) is 46.5. The normalized spacial score (nSPS) is 56.2. The van der Waals surface area contributed by atoms with Crippen LogP contribution in [0, 0.1) is 50.2 Å². The maximum absolute atomic E-state index is 12.3. The Labute approximate surface area is 456 Å². The van der Waals surface area contributed by atoms with Crippen LogP contribution in [0.3, 0.4) is 0 Å². The summed E-state index contributed by atoms with van der Waals surface area (Å²) in [6, 6.07) is 0. The summed E-state index contributed by atoms with van der Waals surface area (Å²) in [6.07, 6.45) is -27.7. The molecule has 0 aromatic rings. The van der Waals surface area contributed by atoms with Gasteiger partial charge < -0.3 is 114 Å². The first-order chi connectivity index (χ1) is 36.6. The van der Waals surface area contributed by atoms with E-state index < -0.39 is 175 Å². The van der Waals surface area contributed by atoms with Crippen molar-refractivity contribution in [1.82, 2.24) is 0 Å². The van der Waals surface area contributed by atoms with Crippen molar-refractivity contribution in [3.63, 3.8) is 0 Å². The smallest absolute Gasteiger partial charge is 0.187 e. The number of hydrogen-bond donors (Lipinski definition) is 14. The Balaban J connectivity index is 1.02. The van der Waals surface area contributed by atoms with E-state index in [4.69, 9.17) is 42.6 Å². The van der Waals surface area contributed by atoms with E-state index in [0.29, 0.717) is 32.1 Å². The second kappa shape index (κ2) is 22.3. The molecule has 5 aliphatic carbocycles. The molecule has 4 saturated heterocycles. The Kier molecular flexibility index (Phi) is 17.6. The van der Waals surface area contributed by atoms with Gasteiger partial charge in [-0.1, -0.05) is 53.2 Å². The Morgan fingerprint density at radius 1 is 0.538 bits per heavy atom. The molecular weight excluding hydrogens is 1030 g/mol. The first-order valence-corrected chi connectivity index (χ1v) is 28.3. The number of hydrogen-bond acceptors (Lipinski definition) is 23. The van der Waals surface area contributed by atoms with Crippen molar-refractivity contribution >= 4 is 0 Å². The average Bonchev–Trinajstić information content (AvgIpc) is 3.22. The highest BCUT2D eigenvalue weighted by molar-refractivity contribution is 5.37. The Morgan fingerprint density at radius 3 is 1.72 bits per heavy atom. The quantitative estimate of drug-likeness (QED) is 0.0705. The zero-order chi connectivity index (χ0) is 57.1. The summed E-state index contributed by atoms with van der Waals surface area (Å²) in [6.45, 7) is 14.2. The molecule has 9 rings (SSSR count). The van der Waals surface area contributed by atoms with Crippen LogP contribution in [0.2, 0.25) is 0 Å². The number of aliphatic hydroxyl groups excluding tert-OH is 14. The topological polar surface area (TPSA) is 366 Å². The summed E-state index contributed by atoms with van der Waals surface area (Å²) >= 11 is 0. The van der Waals surface area contributed by atoms with Crippen molar-refractivity contribution in [2.75, 3.05) is 33.5 Å². The molecule has 78 heavy (non-hydrogen) atoms. The van der Waals surface area contributed by atoms with Crippen LogP contribution in [0.15, 0.2) is 11.6 Å². The Morgan fingerprint density at radius 2 is 1.10 bits per heavy atom. The monoisotopic (exact) mass is 1120 g/mol. The molecule has 8 fully saturated rings. The van der Waals surface area contributed by atoms with Gasteiger partial charge >= 0.3 is 0 Å². The molecule has 14 N–H and O–H groups in total. The fourth-order valence-electron chi connectivity index (χ4n) is 16.9. The molecule has 4 heterocycles. The lowest BCUT2D eigenvalue weighted by molar-refractivity contribution is -0.403. The van der Waals surface area contributed by atoms with E-state index >= 15 is 0 Å². The van der Waals surface area contributed by atoms with E-state index in [1.165, 1.54) is 19.4 Å². The van der Waals surface area contributed by atoms with Gasteiger partial charge in [-0.15, -0.1) is 0 Å². The summed E-state index contributed by atoms with van der Waals surface area (Å²) in [5.74, 6) is -0.364. The third-order valence-corrected chi connectivity index (χ3v) is 21.9. The maximum Gasteiger partial charge on any atom is 0.187 e. The fraction of sp³-hybridized carbons (Fsp3) is 0.964. The van der Waals surface area contributed by atoms with Gasteiger partial charge in [0.05, 0.1) is 56.9 Å². The van der Waals surface area contributed by atoms with Crippen LogP contribution in [0.1, 0.15) is 107 Å². The van der Waals surface area contributed by atoms with Gasteiger partial charge in [0.2, 0.25) is 0 Å². The fourth-order valence-corrected chi connectivity index (χ4v) is 16.9. The predicted molar refractivity (Wildman–Crippen MR) is 269 cm³/mol. The summed E-state index contributed by atoms with van der Waals surface area (Å²) < 4.78 is 55.9. The van der Waals surface area contributed by atoms with Gasteiger partial charge in [0, 0.05) is 23.9 Å². The second-order valence-electron chi connectivity index (χ2n) is 26.6. The van der Waals surface area contributed by atoms with Gasteiger partial charge in [-0.2, -0.15) is 0 Å². The minimum Gasteiger partial charge on any atom is -0.396 e. The second-order valence-corrected chi connectivity index (χ2v) is 26.6. The number of ether oxygens (including phenoxy) is 9. The van der Waals surface area contributed by atoms with E-state index in [9.17, 15) is 71.5 Å². The standard InChI is InChI=1S/C55H92O23/c1-23-33(61)36(64)39(67)46(71-23)76-42-29(20-57)74-48(41(69)38(42)66)77-43-34(62)24(2)72-49(44(43)78-47-40(68)37(65)35(63)28(19-56)73-47)75-32-11-12-51(5)30(52(32,6)21-58)10-13-53(7)45(51)27(70-9)16-25-26-17-50(3,4)14-15-55(26,22-59)31(60)18-54(25,53)8/h16,23-24,26-49,56-69H,10-15,17-22H2,1-9H3. The van der Waals surface area contributed by atoms with E-state index in [1.54, 1.807) is 7.11 Å². The number of fused-ring (bicyclic) bond motifs is 7. The van der Waals surface area contributed by atoms with Gasteiger partial charge in [-0.3, -0.25) is 0 Å². The highest BCUT2D eigenvalue weighted by atomic mass is 16.8. The van der Waals surface area contributed by atoms with Gasteiger partial charge in [0.15, 0.2) is 25.2 Å². The SMILES string of the molecule is COC1C=C2C3CC(C)(C)CCC3(CO)C(O)CC2(C)C2(C)CCC3C(C)(CO)C(OC4OC(C)C(O)C(OC5OC(CO)C(OC6OC(C)C(O)C(O)C6O)C(O)C5O)C4OC4OC(CO)C(O)C(O)C4O)CCC3(C)C12. The molecule has 450 valence electrons. The molecule has 0 aromatic heterocycles. The lowest BCUT2D eigenvalue weighted by atomic mass is 9.32. The lowest BCUT2D eigenvalue weighted by Gasteiger charge is -2.73. The van der Waals surface area contributed by atoms with Gasteiger partial charge in [0.1, 0.15) is 85.5 Å². The van der Waals surface area contributed by atoms with Crippen molar-refractivity contribution in [3.05, 3.63) is 11.6 Å². The first kappa shape index (κ1) is 61.4. The number of methoxy groups -OCH3 is 1. The van der Waals surface area contributed by atoms with Gasteiger partial charge in [-0.05, 0) is 98.7 Å². The Hall–Kier alpha value is -1.18. The van der Waals surface area contributed by atoms with Crippen molar-refractivity contribution < 1.29 is 114 Å². The highest BCUT2D eigenvalue weighted by Gasteiger charge is 2.73. The summed E-state index contributed by atoms with van der Waals surface area (Å²) in [5.41, 5.74) is -1.77. The Bertz CT molecular complexity index is 2100. The van der Waals surface area contributed by atoms with Crippen LogP contribution in [-0.4, -0.2) is 246 Å². The molecule has 4 saturated carbocycles. The summed E-state index contributed by atoms with van der Waals surface area (Å²) in [4.78, 5) is 0. The van der Waals surface area contributed by atoms with E-state index in [2.05, 4.69) is 40.7 Å².